The zero-order valence-corrected chi connectivity index (χ0v) is 12.3. The quantitative estimate of drug-likeness (QED) is 0.852. The molecule has 0 aromatic heterocycles. The van der Waals surface area contributed by atoms with E-state index in [9.17, 15) is 9.90 Å². The Morgan fingerprint density at radius 2 is 1.76 bits per heavy atom. The fourth-order valence-electron chi connectivity index (χ4n) is 1.66. The molecule has 108 valence electrons. The lowest BCUT2D eigenvalue weighted by Crippen LogP contribution is -2.22. The second-order valence-corrected chi connectivity index (χ2v) is 4.82. The van der Waals surface area contributed by atoms with Gasteiger partial charge in [-0.2, -0.15) is 0 Å². The highest BCUT2D eigenvalue weighted by Gasteiger charge is 2.15. The molecule has 0 saturated carbocycles. The van der Waals surface area contributed by atoms with Crippen LogP contribution in [0, 0.1) is 0 Å². The Morgan fingerprint density at radius 3 is 2.43 bits per heavy atom. The molecule has 0 heterocycles. The molecule has 0 aliphatic rings. The molecule has 0 saturated heterocycles. The average Bonchev–Trinajstić information content (AvgIpc) is 2.48. The van der Waals surface area contributed by atoms with Crippen molar-refractivity contribution in [1.82, 2.24) is 0 Å². The lowest BCUT2D eigenvalue weighted by molar-refractivity contribution is 0.102. The minimum absolute atomic E-state index is 0.0231. The molecular weight excluding hydrogens is 286 g/mol. The Kier molecular flexibility index (Phi) is 5.03. The number of rotatable bonds is 4. The van der Waals surface area contributed by atoms with E-state index in [1.54, 1.807) is 36.4 Å². The monoisotopic (exact) mass is 301 g/mol. The van der Waals surface area contributed by atoms with Gasteiger partial charge in [-0.15, -0.1) is 0 Å². The number of carbonyl (C=O) groups is 1. The third kappa shape index (κ3) is 4.11. The number of carbonyl (C=O) groups excluding carboxylic acids is 1. The maximum atomic E-state index is 12.3. The van der Waals surface area contributed by atoms with Crippen molar-refractivity contribution in [2.45, 2.75) is 13.0 Å². The number of nitrogens with one attached hydrogen (secondary N) is 1. The van der Waals surface area contributed by atoms with Gasteiger partial charge in [-0.3, -0.25) is 4.79 Å². The summed E-state index contributed by atoms with van der Waals surface area (Å²) >= 11 is 4.93. The fourth-order valence-corrected chi connectivity index (χ4v) is 1.75. The van der Waals surface area contributed by atoms with Crippen molar-refractivity contribution in [1.29, 1.82) is 0 Å². The Balaban J connectivity index is 2.19. The maximum absolute atomic E-state index is 12.3. The highest BCUT2D eigenvalue weighted by Crippen LogP contribution is 2.20. The number of ether oxygens (including phenoxy) is 1. The van der Waals surface area contributed by atoms with Crippen LogP contribution < -0.4 is 10.1 Å². The zero-order chi connectivity index (χ0) is 15.2. The van der Waals surface area contributed by atoms with Gasteiger partial charge in [0.05, 0.1) is 5.56 Å². The van der Waals surface area contributed by atoms with E-state index in [2.05, 4.69) is 5.32 Å². The molecule has 2 aromatic carbocycles. The topological polar surface area (TPSA) is 58.6 Å². The van der Waals surface area contributed by atoms with Gasteiger partial charge in [0.2, 0.25) is 0 Å². The zero-order valence-electron chi connectivity index (χ0n) is 11.4. The molecule has 0 spiro atoms. The number of para-hydroxylation sites is 2. The summed E-state index contributed by atoms with van der Waals surface area (Å²) < 4.78 is 5.39. The maximum Gasteiger partial charge on any atom is 0.259 e. The van der Waals surface area contributed by atoms with E-state index in [-0.39, 0.29) is 11.0 Å². The molecule has 4 nitrogen and oxygen atoms in total. The minimum atomic E-state index is -0.884. The predicted octanol–water partition coefficient (Wildman–Crippen LogP) is 3.03. The van der Waals surface area contributed by atoms with Crippen LogP contribution in [0.4, 0.5) is 5.69 Å². The SMILES string of the molecule is CC(O)C(=S)Oc1ccccc1C(=O)Nc1ccccc1. The second-order valence-electron chi connectivity index (χ2n) is 4.41. The second kappa shape index (κ2) is 6.97. The van der Waals surface area contributed by atoms with Crippen molar-refractivity contribution in [2.75, 3.05) is 5.32 Å². The van der Waals surface area contributed by atoms with Crippen LogP contribution in [0.1, 0.15) is 17.3 Å². The first kappa shape index (κ1) is 15.2. The molecule has 0 aliphatic carbocycles. The molecule has 0 radical (unpaired) electrons. The Labute approximate surface area is 128 Å². The molecule has 2 rings (SSSR count). The number of benzene rings is 2. The van der Waals surface area contributed by atoms with Crippen molar-refractivity contribution >= 4 is 28.9 Å². The van der Waals surface area contributed by atoms with E-state index in [4.69, 9.17) is 17.0 Å². The summed E-state index contributed by atoms with van der Waals surface area (Å²) in [4.78, 5) is 12.3. The normalized spacial score (nSPS) is 11.5. The number of amides is 1. The Morgan fingerprint density at radius 1 is 1.14 bits per heavy atom. The summed E-state index contributed by atoms with van der Waals surface area (Å²) in [7, 11) is 0. The molecule has 0 aliphatic heterocycles. The number of hydrogen-bond acceptors (Lipinski definition) is 4. The highest BCUT2D eigenvalue weighted by atomic mass is 32.1. The average molecular weight is 301 g/mol. The van der Waals surface area contributed by atoms with E-state index in [1.165, 1.54) is 6.92 Å². The van der Waals surface area contributed by atoms with Crippen LogP contribution in [0.5, 0.6) is 5.75 Å². The Bertz CT molecular complexity index is 641. The largest absolute Gasteiger partial charge is 0.447 e. The van der Waals surface area contributed by atoms with E-state index in [0.29, 0.717) is 17.0 Å². The van der Waals surface area contributed by atoms with E-state index in [0.717, 1.165) is 0 Å². The van der Waals surface area contributed by atoms with Crippen LogP contribution in [0.25, 0.3) is 0 Å². The van der Waals surface area contributed by atoms with Crippen LogP contribution in [0.2, 0.25) is 0 Å². The molecule has 21 heavy (non-hydrogen) atoms. The third-order valence-corrected chi connectivity index (χ3v) is 3.14. The lowest BCUT2D eigenvalue weighted by atomic mass is 10.2. The third-order valence-electron chi connectivity index (χ3n) is 2.72. The highest BCUT2D eigenvalue weighted by molar-refractivity contribution is 7.80. The van der Waals surface area contributed by atoms with Gasteiger partial charge in [-0.1, -0.05) is 30.3 Å². The van der Waals surface area contributed by atoms with Crippen LogP contribution in [-0.4, -0.2) is 22.2 Å². The van der Waals surface area contributed by atoms with E-state index < -0.39 is 6.10 Å². The molecule has 1 atom stereocenters. The van der Waals surface area contributed by atoms with Crippen molar-refractivity contribution in [3.63, 3.8) is 0 Å². The first-order valence-corrected chi connectivity index (χ1v) is 6.84. The molecule has 1 amide bonds. The summed E-state index contributed by atoms with van der Waals surface area (Å²) in [6.45, 7) is 1.51. The van der Waals surface area contributed by atoms with Gasteiger partial charge in [0.1, 0.15) is 11.9 Å². The van der Waals surface area contributed by atoms with Crippen molar-refractivity contribution in [2.24, 2.45) is 0 Å². The number of anilines is 1. The van der Waals surface area contributed by atoms with Gasteiger partial charge in [-0.05, 0) is 43.4 Å². The number of aliphatic hydroxyl groups excluding tert-OH is 1. The Hall–Kier alpha value is -2.24. The summed E-state index contributed by atoms with van der Waals surface area (Å²) in [5.74, 6) is 0.0158. The smallest absolute Gasteiger partial charge is 0.259 e. The van der Waals surface area contributed by atoms with Gasteiger partial charge in [0.25, 0.3) is 5.91 Å². The van der Waals surface area contributed by atoms with E-state index in [1.807, 2.05) is 18.2 Å². The van der Waals surface area contributed by atoms with E-state index >= 15 is 0 Å². The number of hydrogen-bond donors (Lipinski definition) is 2. The fraction of sp³-hybridized carbons (Fsp3) is 0.125. The van der Waals surface area contributed by atoms with Crippen LogP contribution >= 0.6 is 12.2 Å². The van der Waals surface area contributed by atoms with Crippen LogP contribution in [0.3, 0.4) is 0 Å². The molecule has 0 bridgehead atoms. The molecule has 0 fully saturated rings. The molecule has 1 unspecified atom stereocenters. The van der Waals surface area contributed by atoms with Crippen molar-refractivity contribution < 1.29 is 14.6 Å². The molecular formula is C16H15NO3S. The summed E-state index contributed by atoms with van der Waals surface area (Å²) in [6, 6.07) is 15.9. The van der Waals surface area contributed by atoms with Gasteiger partial charge in [0, 0.05) is 5.69 Å². The summed E-state index contributed by atoms with van der Waals surface area (Å²) in [5, 5.41) is 12.2. The first-order valence-electron chi connectivity index (χ1n) is 6.43. The number of thiocarbonyl (C=S) groups is 1. The first-order chi connectivity index (χ1) is 10.1. The lowest BCUT2D eigenvalue weighted by Gasteiger charge is -2.13. The van der Waals surface area contributed by atoms with Crippen LogP contribution in [0.15, 0.2) is 54.6 Å². The van der Waals surface area contributed by atoms with Gasteiger partial charge < -0.3 is 15.2 Å². The van der Waals surface area contributed by atoms with Crippen molar-refractivity contribution in [3.05, 3.63) is 60.2 Å². The number of aliphatic hydroxyl groups is 1. The van der Waals surface area contributed by atoms with Gasteiger partial charge >= 0.3 is 0 Å². The van der Waals surface area contributed by atoms with Gasteiger partial charge in [0.15, 0.2) is 5.05 Å². The molecule has 2 N–H and O–H groups in total. The molecule has 5 heteroatoms. The summed E-state index contributed by atoms with van der Waals surface area (Å²) in [5.41, 5.74) is 1.04. The summed E-state index contributed by atoms with van der Waals surface area (Å²) in [6.07, 6.45) is -0.884. The van der Waals surface area contributed by atoms with Gasteiger partial charge in [-0.25, -0.2) is 0 Å². The van der Waals surface area contributed by atoms with Crippen LogP contribution in [-0.2, 0) is 0 Å². The molecule has 2 aromatic rings. The van der Waals surface area contributed by atoms with Crippen molar-refractivity contribution in [3.8, 4) is 5.75 Å². The predicted molar refractivity (Wildman–Crippen MR) is 85.7 cm³/mol. The standard InChI is InChI=1S/C16H15NO3S/c1-11(18)16(21)20-14-10-6-5-9-13(14)15(19)17-12-7-3-2-4-8-12/h2-11,18H,1H3,(H,17,19). The minimum Gasteiger partial charge on any atom is -0.447 e.